The quantitative estimate of drug-likeness (QED) is 0.754. The lowest BCUT2D eigenvalue weighted by Gasteiger charge is -2.34. The number of ether oxygens (including phenoxy) is 1. The van der Waals surface area contributed by atoms with Gasteiger partial charge >= 0.3 is 5.97 Å². The largest absolute Gasteiger partial charge is 0.480 e. The van der Waals surface area contributed by atoms with Crippen LogP contribution >= 0.6 is 0 Å². The van der Waals surface area contributed by atoms with Gasteiger partial charge in [0.2, 0.25) is 5.91 Å². The molecule has 0 spiro atoms. The first-order valence-electron chi connectivity index (χ1n) is 7.54. The lowest BCUT2D eigenvalue weighted by molar-refractivity contribution is -0.152. The summed E-state index contributed by atoms with van der Waals surface area (Å²) in [5.74, 6) is -1.65. The fraction of sp³-hybridized carbons (Fsp3) is 0.438. The molecule has 1 unspecified atom stereocenters. The number of carboxylic acid groups (broad SMARTS) is 1. The molecule has 0 aliphatic carbocycles. The summed E-state index contributed by atoms with van der Waals surface area (Å²) in [6, 6.07) is 6.65. The second kappa shape index (κ2) is 6.00. The first kappa shape index (κ1) is 15.5. The average molecular weight is 318 g/mol. The molecule has 2 amide bonds. The van der Waals surface area contributed by atoms with Crippen LogP contribution in [0.1, 0.15) is 41.2 Å². The third-order valence-corrected chi connectivity index (χ3v) is 4.41. The molecule has 1 fully saturated rings. The molecule has 7 heteroatoms. The highest BCUT2D eigenvalue weighted by Crippen LogP contribution is 2.28. The molecule has 7 nitrogen and oxygen atoms in total. The van der Waals surface area contributed by atoms with Crippen molar-refractivity contribution in [2.75, 3.05) is 13.2 Å². The minimum Gasteiger partial charge on any atom is -0.480 e. The highest BCUT2D eigenvalue weighted by molar-refractivity contribution is 6.00. The summed E-state index contributed by atoms with van der Waals surface area (Å²) in [4.78, 5) is 35.8. The van der Waals surface area contributed by atoms with Crippen LogP contribution in [0.3, 0.4) is 0 Å². The van der Waals surface area contributed by atoms with Crippen LogP contribution in [0, 0.1) is 0 Å². The zero-order chi connectivity index (χ0) is 16.4. The zero-order valence-corrected chi connectivity index (χ0v) is 12.5. The summed E-state index contributed by atoms with van der Waals surface area (Å²) in [6.07, 6.45) is 0.488. The molecular formula is C16H18N2O5. The van der Waals surface area contributed by atoms with E-state index in [0.717, 1.165) is 5.56 Å². The summed E-state index contributed by atoms with van der Waals surface area (Å²) < 4.78 is 5.18. The Balaban J connectivity index is 1.70. The number of carboxylic acids is 1. The van der Waals surface area contributed by atoms with Gasteiger partial charge in [-0.2, -0.15) is 0 Å². The minimum atomic E-state index is -1.28. The van der Waals surface area contributed by atoms with Gasteiger partial charge in [-0.05, 0) is 11.6 Å². The van der Waals surface area contributed by atoms with Crippen molar-refractivity contribution in [2.45, 2.75) is 30.8 Å². The van der Waals surface area contributed by atoms with Crippen molar-refractivity contribution in [3.8, 4) is 0 Å². The van der Waals surface area contributed by atoms with E-state index >= 15 is 0 Å². The number of hydrogen-bond donors (Lipinski definition) is 3. The van der Waals surface area contributed by atoms with Gasteiger partial charge in [0.15, 0.2) is 0 Å². The third-order valence-electron chi connectivity index (χ3n) is 4.41. The maximum atomic E-state index is 12.3. The Bertz CT molecular complexity index is 652. The Hall–Kier alpha value is -2.41. The minimum absolute atomic E-state index is 0.0125. The van der Waals surface area contributed by atoms with E-state index < -0.39 is 23.5 Å². The van der Waals surface area contributed by atoms with Crippen molar-refractivity contribution in [1.82, 2.24) is 10.6 Å². The molecule has 0 saturated carbocycles. The van der Waals surface area contributed by atoms with E-state index in [-0.39, 0.29) is 25.2 Å². The Morgan fingerprint density at radius 3 is 2.70 bits per heavy atom. The number of benzene rings is 1. The van der Waals surface area contributed by atoms with Crippen molar-refractivity contribution in [3.05, 3.63) is 35.4 Å². The van der Waals surface area contributed by atoms with E-state index in [1.54, 1.807) is 24.3 Å². The van der Waals surface area contributed by atoms with E-state index in [1.807, 2.05) is 0 Å². The van der Waals surface area contributed by atoms with Gasteiger partial charge in [0, 0.05) is 31.6 Å². The van der Waals surface area contributed by atoms with Crippen molar-refractivity contribution in [2.24, 2.45) is 0 Å². The fourth-order valence-electron chi connectivity index (χ4n) is 3.10. The topological polar surface area (TPSA) is 105 Å². The lowest BCUT2D eigenvalue weighted by Crippen LogP contribution is -2.57. The summed E-state index contributed by atoms with van der Waals surface area (Å²) in [7, 11) is 0. The molecule has 1 atom stereocenters. The summed E-state index contributed by atoms with van der Waals surface area (Å²) in [5, 5.41) is 14.9. The van der Waals surface area contributed by atoms with Crippen LogP contribution in [0.2, 0.25) is 0 Å². The predicted octanol–water partition coefficient (Wildman–Crippen LogP) is 0.611. The van der Waals surface area contributed by atoms with E-state index in [0.29, 0.717) is 18.8 Å². The van der Waals surface area contributed by atoms with Gasteiger partial charge in [-0.15, -0.1) is 0 Å². The molecular weight excluding hydrogens is 300 g/mol. The molecule has 3 rings (SSSR count). The molecule has 0 radical (unpaired) electrons. The van der Waals surface area contributed by atoms with Crippen molar-refractivity contribution < 1.29 is 24.2 Å². The number of carbonyl (C=O) groups is 3. The number of amides is 2. The molecule has 0 aromatic heterocycles. The first-order valence-corrected chi connectivity index (χ1v) is 7.54. The van der Waals surface area contributed by atoms with E-state index in [4.69, 9.17) is 4.74 Å². The molecule has 122 valence electrons. The normalized spacial score (nSPS) is 22.1. The molecule has 1 aromatic rings. The summed E-state index contributed by atoms with van der Waals surface area (Å²) in [5.41, 5.74) is 0.0469. The Labute approximate surface area is 133 Å². The third kappa shape index (κ3) is 2.92. The van der Waals surface area contributed by atoms with Crippen molar-refractivity contribution >= 4 is 17.8 Å². The lowest BCUT2D eigenvalue weighted by atomic mass is 9.89. The smallest absolute Gasteiger partial charge is 0.329 e. The molecule has 2 heterocycles. The second-order valence-corrected chi connectivity index (χ2v) is 5.87. The Morgan fingerprint density at radius 1 is 1.30 bits per heavy atom. The zero-order valence-electron chi connectivity index (χ0n) is 12.5. The van der Waals surface area contributed by atoms with Crippen LogP contribution in [0.25, 0.3) is 0 Å². The van der Waals surface area contributed by atoms with Crippen LogP contribution in [0.4, 0.5) is 0 Å². The predicted molar refractivity (Wildman–Crippen MR) is 79.8 cm³/mol. The second-order valence-electron chi connectivity index (χ2n) is 5.87. The van der Waals surface area contributed by atoms with Crippen LogP contribution in [-0.2, 0) is 14.3 Å². The molecule has 3 N–H and O–H groups in total. The van der Waals surface area contributed by atoms with Gasteiger partial charge < -0.3 is 20.5 Å². The van der Waals surface area contributed by atoms with Gasteiger partial charge in [0.05, 0.1) is 12.5 Å². The van der Waals surface area contributed by atoms with Gasteiger partial charge in [-0.25, -0.2) is 4.79 Å². The monoisotopic (exact) mass is 318 g/mol. The molecule has 2 aliphatic rings. The van der Waals surface area contributed by atoms with Gasteiger partial charge in [-0.1, -0.05) is 18.2 Å². The Kier molecular flexibility index (Phi) is 4.04. The van der Waals surface area contributed by atoms with Crippen molar-refractivity contribution in [3.63, 3.8) is 0 Å². The molecule has 0 bridgehead atoms. The average Bonchev–Trinajstić information content (AvgIpc) is 2.84. The highest BCUT2D eigenvalue weighted by Gasteiger charge is 2.42. The fourth-order valence-corrected chi connectivity index (χ4v) is 3.10. The summed E-state index contributed by atoms with van der Waals surface area (Å²) in [6.45, 7) is 0.602. The first-order chi connectivity index (χ1) is 11.0. The number of rotatable bonds is 4. The molecule has 2 aliphatic heterocycles. The van der Waals surface area contributed by atoms with Crippen LogP contribution in [-0.4, -0.2) is 41.6 Å². The van der Waals surface area contributed by atoms with Gasteiger partial charge in [0.1, 0.15) is 5.54 Å². The van der Waals surface area contributed by atoms with Crippen LogP contribution < -0.4 is 10.6 Å². The van der Waals surface area contributed by atoms with Gasteiger partial charge in [0.25, 0.3) is 5.91 Å². The van der Waals surface area contributed by atoms with E-state index in [2.05, 4.69) is 10.6 Å². The Morgan fingerprint density at radius 2 is 2.00 bits per heavy atom. The van der Waals surface area contributed by atoms with E-state index in [9.17, 15) is 19.5 Å². The number of fused-ring (bicyclic) bond motifs is 1. The number of carbonyl (C=O) groups excluding carboxylic acids is 2. The maximum Gasteiger partial charge on any atom is 0.329 e. The van der Waals surface area contributed by atoms with Gasteiger partial charge in [-0.3, -0.25) is 9.59 Å². The molecule has 1 aromatic carbocycles. The van der Waals surface area contributed by atoms with Crippen molar-refractivity contribution in [1.29, 1.82) is 0 Å². The molecule has 1 saturated heterocycles. The molecule has 23 heavy (non-hydrogen) atoms. The number of aliphatic carboxylic acids is 1. The van der Waals surface area contributed by atoms with E-state index in [1.165, 1.54) is 0 Å². The highest BCUT2D eigenvalue weighted by atomic mass is 16.5. The number of nitrogens with one attached hydrogen (secondary N) is 2. The van der Waals surface area contributed by atoms with Crippen LogP contribution in [0.15, 0.2) is 24.3 Å². The summed E-state index contributed by atoms with van der Waals surface area (Å²) >= 11 is 0. The number of hydrogen-bond acceptors (Lipinski definition) is 4. The van der Waals surface area contributed by atoms with Crippen LogP contribution in [0.5, 0.6) is 0 Å². The SMILES string of the molecule is O=C(CC1NC(=O)c2ccccc21)NC1(C(=O)O)CCOCC1. The maximum absolute atomic E-state index is 12.3. The standard InChI is InChI=1S/C16H18N2O5/c19-13(18-16(15(21)22)5-7-23-8-6-16)9-12-10-3-1-2-4-11(10)14(20)17-12/h1-4,12H,5-9H2,(H,17,20)(H,18,19)(H,21,22).